The quantitative estimate of drug-likeness (QED) is 0.797. The fourth-order valence-electron chi connectivity index (χ4n) is 1.41. The van der Waals surface area contributed by atoms with Crippen LogP contribution in [0.3, 0.4) is 0 Å². The van der Waals surface area contributed by atoms with Crippen LogP contribution in [0.15, 0.2) is 42.5 Å². The Morgan fingerprint density at radius 3 is 2.36 bits per heavy atom. The molecule has 2 radical (unpaired) electrons. The van der Waals surface area contributed by atoms with E-state index in [1.54, 1.807) is 12.1 Å². The van der Waals surface area contributed by atoms with Gasteiger partial charge >= 0.3 is 5.97 Å². The van der Waals surface area contributed by atoms with Crippen LogP contribution in [0.1, 0.15) is 10.4 Å². The number of benzene rings is 2. The summed E-state index contributed by atoms with van der Waals surface area (Å²) in [5.41, 5.74) is 0.359. The van der Waals surface area contributed by atoms with E-state index in [1.165, 1.54) is 0 Å². The zero-order chi connectivity index (χ0) is 9.26. The van der Waals surface area contributed by atoms with Gasteiger partial charge in [0.05, 0.1) is 5.56 Å². The van der Waals surface area contributed by atoms with E-state index in [-0.39, 0.29) is 45.5 Å². The maximum Gasteiger partial charge on any atom is 0.336 e. The molecule has 14 heavy (non-hydrogen) atoms. The molecule has 0 heterocycles. The molecule has 2 rings (SSSR count). The number of aromatic carboxylic acids is 1. The predicted molar refractivity (Wildman–Crippen MR) is 56.7 cm³/mol. The summed E-state index contributed by atoms with van der Waals surface area (Å²) in [6.45, 7) is 0. The number of carboxylic acids is 1. The zero-order valence-electron chi connectivity index (χ0n) is 7.60. The maximum absolute atomic E-state index is 10.8. The van der Waals surface area contributed by atoms with Gasteiger partial charge in [0.25, 0.3) is 0 Å². The van der Waals surface area contributed by atoms with Crippen LogP contribution < -0.4 is 0 Å². The summed E-state index contributed by atoms with van der Waals surface area (Å²) < 4.78 is 0. The molecule has 3 heteroatoms. The van der Waals surface area contributed by atoms with Crippen LogP contribution in [0.25, 0.3) is 10.8 Å². The van der Waals surface area contributed by atoms with Crippen LogP contribution in [0.4, 0.5) is 0 Å². The number of rotatable bonds is 1. The monoisotopic (exact) mass is 260 g/mol. The molecule has 0 bridgehead atoms. The zero-order valence-corrected chi connectivity index (χ0v) is 11.1. The van der Waals surface area contributed by atoms with Crippen molar-refractivity contribution in [2.24, 2.45) is 0 Å². The molecule has 66 valence electrons. The Balaban J connectivity index is 0.000000980. The largest absolute Gasteiger partial charge is 0.478 e. The Morgan fingerprint density at radius 2 is 1.64 bits per heavy atom. The van der Waals surface area contributed by atoms with Gasteiger partial charge < -0.3 is 5.11 Å². The third-order valence-corrected chi connectivity index (χ3v) is 2.02. The molecule has 0 spiro atoms. The minimum atomic E-state index is -0.878. The molecule has 0 saturated carbocycles. The molecule has 1 N–H and O–H groups in total. The average Bonchev–Trinajstić information content (AvgIpc) is 2.17. The van der Waals surface area contributed by atoms with Crippen LogP contribution in [0.5, 0.6) is 0 Å². The van der Waals surface area contributed by atoms with E-state index in [2.05, 4.69) is 0 Å². The molecule has 0 fully saturated rings. The van der Waals surface area contributed by atoms with Crippen molar-refractivity contribution in [3.63, 3.8) is 0 Å². The predicted octanol–water partition coefficient (Wildman–Crippen LogP) is 2.16. The van der Waals surface area contributed by atoms with Gasteiger partial charge in [0.1, 0.15) is 0 Å². The van der Waals surface area contributed by atoms with Crippen LogP contribution in [-0.4, -0.2) is 56.6 Å². The van der Waals surface area contributed by atoms with Gasteiger partial charge in [0.2, 0.25) is 0 Å². The summed E-state index contributed by atoms with van der Waals surface area (Å²) in [7, 11) is 0. The van der Waals surface area contributed by atoms with Gasteiger partial charge in [-0.1, -0.05) is 36.4 Å². The first-order valence-electron chi connectivity index (χ1n) is 4.00. The summed E-state index contributed by atoms with van der Waals surface area (Å²) in [5.74, 6) is -0.878. The molecule has 0 aliphatic carbocycles. The van der Waals surface area contributed by atoms with Gasteiger partial charge in [-0.05, 0) is 16.8 Å². The first kappa shape index (κ1) is 11.7. The second-order valence-electron chi connectivity index (χ2n) is 2.83. The molecule has 0 saturated heterocycles. The van der Waals surface area contributed by atoms with Gasteiger partial charge in [-0.2, -0.15) is 0 Å². The summed E-state index contributed by atoms with van der Waals surface area (Å²) in [6, 6.07) is 12.7. The molecule has 0 aromatic heterocycles. The standard InChI is InChI=1S/C11H8O2.Sr/c12-11(13)10-7-3-5-8-4-1-2-6-9(8)10;/h1-7H,(H,12,13);. The van der Waals surface area contributed by atoms with E-state index in [9.17, 15) is 4.79 Å². The van der Waals surface area contributed by atoms with Crippen molar-refractivity contribution >= 4 is 62.2 Å². The summed E-state index contributed by atoms with van der Waals surface area (Å²) in [5, 5.41) is 10.6. The van der Waals surface area contributed by atoms with Crippen molar-refractivity contribution in [2.45, 2.75) is 0 Å². The minimum absolute atomic E-state index is 0. The normalized spacial score (nSPS) is 9.43. The van der Waals surface area contributed by atoms with Crippen LogP contribution in [-0.2, 0) is 0 Å². The average molecular weight is 260 g/mol. The van der Waals surface area contributed by atoms with Gasteiger partial charge in [0.15, 0.2) is 0 Å². The van der Waals surface area contributed by atoms with Crippen molar-refractivity contribution in [1.29, 1.82) is 0 Å². The van der Waals surface area contributed by atoms with E-state index in [0.29, 0.717) is 5.56 Å². The van der Waals surface area contributed by atoms with Gasteiger partial charge in [-0.25, -0.2) is 4.79 Å². The fraction of sp³-hybridized carbons (Fsp3) is 0. The number of carboxylic acid groups (broad SMARTS) is 1. The number of fused-ring (bicyclic) bond motifs is 1. The van der Waals surface area contributed by atoms with Gasteiger partial charge in [-0.3, -0.25) is 0 Å². The SMILES string of the molecule is O=C(O)c1cccc2ccccc12.[Sr]. The van der Waals surface area contributed by atoms with Crippen molar-refractivity contribution in [1.82, 2.24) is 0 Å². The third kappa shape index (κ3) is 2.17. The molecule has 2 aromatic rings. The smallest absolute Gasteiger partial charge is 0.336 e. The molecule has 0 atom stereocenters. The molecule has 2 nitrogen and oxygen atoms in total. The molecule has 0 unspecified atom stereocenters. The van der Waals surface area contributed by atoms with Crippen molar-refractivity contribution in [3.8, 4) is 0 Å². The van der Waals surface area contributed by atoms with Crippen LogP contribution in [0.2, 0.25) is 0 Å². The third-order valence-electron chi connectivity index (χ3n) is 2.02. The van der Waals surface area contributed by atoms with Gasteiger partial charge in [0, 0.05) is 45.5 Å². The minimum Gasteiger partial charge on any atom is -0.478 e. The molecular formula is C11H8O2Sr. The first-order chi connectivity index (χ1) is 6.29. The van der Waals surface area contributed by atoms with Crippen molar-refractivity contribution < 1.29 is 9.90 Å². The number of carbonyl (C=O) groups is 1. The molecule has 0 aliphatic rings. The van der Waals surface area contributed by atoms with E-state index in [1.807, 2.05) is 30.3 Å². The maximum atomic E-state index is 10.8. The first-order valence-corrected chi connectivity index (χ1v) is 4.00. The second-order valence-corrected chi connectivity index (χ2v) is 2.83. The summed E-state index contributed by atoms with van der Waals surface area (Å²) in [4.78, 5) is 10.8. The summed E-state index contributed by atoms with van der Waals surface area (Å²) in [6.07, 6.45) is 0. The molecule has 0 aliphatic heterocycles. The summed E-state index contributed by atoms with van der Waals surface area (Å²) >= 11 is 0. The van der Waals surface area contributed by atoms with Crippen LogP contribution >= 0.6 is 0 Å². The van der Waals surface area contributed by atoms with Crippen molar-refractivity contribution in [2.75, 3.05) is 0 Å². The molecular weight excluding hydrogens is 252 g/mol. The Kier molecular flexibility index (Phi) is 4.13. The second kappa shape index (κ2) is 4.94. The Hall–Kier alpha value is -0.349. The van der Waals surface area contributed by atoms with E-state index < -0.39 is 5.97 Å². The molecule has 2 aromatic carbocycles. The van der Waals surface area contributed by atoms with E-state index in [0.717, 1.165) is 10.8 Å². The Morgan fingerprint density at radius 1 is 1.00 bits per heavy atom. The van der Waals surface area contributed by atoms with Gasteiger partial charge in [-0.15, -0.1) is 0 Å². The topological polar surface area (TPSA) is 37.3 Å². The fourth-order valence-corrected chi connectivity index (χ4v) is 1.41. The number of hydrogen-bond acceptors (Lipinski definition) is 1. The van der Waals surface area contributed by atoms with Crippen LogP contribution in [0, 0.1) is 0 Å². The van der Waals surface area contributed by atoms with E-state index >= 15 is 0 Å². The van der Waals surface area contributed by atoms with E-state index in [4.69, 9.17) is 5.11 Å². The Labute approximate surface area is 119 Å². The Bertz CT molecular complexity index is 460. The number of hydrogen-bond donors (Lipinski definition) is 1. The molecule has 0 amide bonds. The van der Waals surface area contributed by atoms with Crippen molar-refractivity contribution in [3.05, 3.63) is 48.0 Å².